The average molecular weight is 509 g/mol. The van der Waals surface area contributed by atoms with Crippen molar-refractivity contribution in [2.75, 3.05) is 5.32 Å². The molecule has 0 radical (unpaired) electrons. The molecule has 0 atom stereocenters. The number of imidazole rings is 1. The van der Waals surface area contributed by atoms with Crippen molar-refractivity contribution in [1.29, 1.82) is 0 Å². The van der Waals surface area contributed by atoms with Gasteiger partial charge < -0.3 is 15.6 Å². The summed E-state index contributed by atoms with van der Waals surface area (Å²) in [4.78, 5) is 21.2. The molecule has 2 aromatic carbocycles. The molecule has 1 aromatic heterocycles. The zero-order valence-corrected chi connectivity index (χ0v) is 22.3. The maximum Gasteiger partial charge on any atom is 0.251 e. The molecule has 5 aliphatic carbocycles. The van der Waals surface area contributed by atoms with Gasteiger partial charge in [-0.1, -0.05) is 49.9 Å². The van der Waals surface area contributed by atoms with E-state index in [1.165, 1.54) is 63.5 Å². The van der Waals surface area contributed by atoms with Gasteiger partial charge in [-0.2, -0.15) is 0 Å². The highest BCUT2D eigenvalue weighted by Gasteiger charge is 2.48. The number of benzene rings is 2. The minimum atomic E-state index is 0.0403. The van der Waals surface area contributed by atoms with Gasteiger partial charge in [-0.15, -0.1) is 0 Å². The van der Waals surface area contributed by atoms with E-state index in [2.05, 4.69) is 39.9 Å². The lowest BCUT2D eigenvalue weighted by Gasteiger charge is -2.54. The molecular weight excluding hydrogens is 468 g/mol. The van der Waals surface area contributed by atoms with Crippen LogP contribution in [0.5, 0.6) is 0 Å². The van der Waals surface area contributed by atoms with Crippen molar-refractivity contribution in [1.82, 2.24) is 15.3 Å². The van der Waals surface area contributed by atoms with Gasteiger partial charge in [-0.05, 0) is 98.4 Å². The topological polar surface area (TPSA) is 69.8 Å². The second-order valence-corrected chi connectivity index (χ2v) is 12.5. The zero-order chi connectivity index (χ0) is 25.5. The van der Waals surface area contributed by atoms with E-state index in [1.54, 1.807) is 0 Å². The predicted octanol–water partition coefficient (Wildman–Crippen LogP) is 7.43. The average Bonchev–Trinajstić information content (AvgIpc) is 3.28. The van der Waals surface area contributed by atoms with E-state index in [1.807, 2.05) is 30.5 Å². The number of aromatic nitrogens is 2. The number of para-hydroxylation sites is 1. The van der Waals surface area contributed by atoms with E-state index in [-0.39, 0.29) is 5.91 Å². The van der Waals surface area contributed by atoms with Crippen molar-refractivity contribution in [3.8, 4) is 22.6 Å². The SMILES string of the molecule is O=C(NC1CCCCCC1)c1ccc(-c2cnc(-c3ccccc3NC3C4CC5CC(C4)CC3C5)[nH]2)cc1. The minimum Gasteiger partial charge on any atom is -0.381 e. The van der Waals surface area contributed by atoms with Gasteiger partial charge in [0.05, 0.1) is 11.9 Å². The van der Waals surface area contributed by atoms with Gasteiger partial charge in [0.15, 0.2) is 0 Å². The number of carbonyl (C=O) groups is 1. The summed E-state index contributed by atoms with van der Waals surface area (Å²) in [5.74, 6) is 4.54. The summed E-state index contributed by atoms with van der Waals surface area (Å²) in [5.41, 5.74) is 5.06. The summed E-state index contributed by atoms with van der Waals surface area (Å²) < 4.78 is 0. The first-order valence-corrected chi connectivity index (χ1v) is 15.0. The highest BCUT2D eigenvalue weighted by molar-refractivity contribution is 5.94. The fraction of sp³-hybridized carbons (Fsp3) is 0.515. The van der Waals surface area contributed by atoms with Gasteiger partial charge in [0, 0.05) is 28.9 Å². The summed E-state index contributed by atoms with van der Waals surface area (Å²) in [5, 5.41) is 7.25. The smallest absolute Gasteiger partial charge is 0.251 e. The summed E-state index contributed by atoms with van der Waals surface area (Å²) in [6.45, 7) is 0. The second-order valence-electron chi connectivity index (χ2n) is 12.5. The van der Waals surface area contributed by atoms with Crippen LogP contribution in [0.25, 0.3) is 22.6 Å². The fourth-order valence-electron chi connectivity index (χ4n) is 8.25. The second kappa shape index (κ2) is 10.2. The van der Waals surface area contributed by atoms with Crippen LogP contribution in [-0.2, 0) is 0 Å². The number of nitrogens with one attached hydrogen (secondary N) is 3. The van der Waals surface area contributed by atoms with Gasteiger partial charge in [-0.25, -0.2) is 4.98 Å². The predicted molar refractivity (Wildman–Crippen MR) is 153 cm³/mol. The number of hydrogen-bond acceptors (Lipinski definition) is 3. The molecule has 0 saturated heterocycles. The molecule has 3 aromatic rings. The molecule has 198 valence electrons. The first-order chi connectivity index (χ1) is 18.7. The Kier molecular flexibility index (Phi) is 6.46. The molecule has 0 spiro atoms. The van der Waals surface area contributed by atoms with Gasteiger partial charge in [0.25, 0.3) is 5.91 Å². The van der Waals surface area contributed by atoms with Crippen LogP contribution < -0.4 is 10.6 Å². The van der Waals surface area contributed by atoms with Crippen LogP contribution in [-0.4, -0.2) is 28.0 Å². The van der Waals surface area contributed by atoms with Crippen LogP contribution in [0.4, 0.5) is 5.69 Å². The molecule has 3 N–H and O–H groups in total. The van der Waals surface area contributed by atoms with Crippen LogP contribution in [0.2, 0.25) is 0 Å². The fourth-order valence-corrected chi connectivity index (χ4v) is 8.25. The molecule has 5 heteroatoms. The quantitative estimate of drug-likeness (QED) is 0.303. The van der Waals surface area contributed by atoms with Crippen molar-refractivity contribution in [3.63, 3.8) is 0 Å². The first-order valence-electron chi connectivity index (χ1n) is 15.0. The monoisotopic (exact) mass is 508 g/mol. The third kappa shape index (κ3) is 4.76. The Morgan fingerprint density at radius 3 is 2.21 bits per heavy atom. The number of hydrogen-bond donors (Lipinski definition) is 3. The van der Waals surface area contributed by atoms with E-state index in [0.29, 0.717) is 12.1 Å². The van der Waals surface area contributed by atoms with E-state index in [9.17, 15) is 4.79 Å². The zero-order valence-electron chi connectivity index (χ0n) is 22.3. The molecule has 5 aliphatic rings. The largest absolute Gasteiger partial charge is 0.381 e. The first kappa shape index (κ1) is 24.0. The lowest BCUT2D eigenvalue weighted by atomic mass is 9.54. The van der Waals surface area contributed by atoms with Gasteiger partial charge >= 0.3 is 0 Å². The molecular formula is C33H40N4O. The number of anilines is 1. The Morgan fingerprint density at radius 1 is 0.816 bits per heavy atom. The number of carbonyl (C=O) groups excluding carboxylic acids is 1. The van der Waals surface area contributed by atoms with E-state index < -0.39 is 0 Å². The van der Waals surface area contributed by atoms with Gasteiger partial charge in [-0.3, -0.25) is 4.79 Å². The molecule has 38 heavy (non-hydrogen) atoms. The third-order valence-corrected chi connectivity index (χ3v) is 9.96. The van der Waals surface area contributed by atoms with E-state index in [0.717, 1.165) is 64.7 Å². The van der Waals surface area contributed by atoms with Crippen molar-refractivity contribution in [2.45, 2.75) is 82.7 Å². The van der Waals surface area contributed by atoms with Crippen LogP contribution in [0, 0.1) is 23.7 Å². The number of H-pyrrole nitrogens is 1. The molecule has 0 unspecified atom stereocenters. The lowest BCUT2D eigenvalue weighted by Crippen LogP contribution is -2.51. The Balaban J connectivity index is 1.05. The van der Waals surface area contributed by atoms with Gasteiger partial charge in [0.2, 0.25) is 0 Å². The third-order valence-electron chi connectivity index (χ3n) is 9.96. The van der Waals surface area contributed by atoms with Gasteiger partial charge in [0.1, 0.15) is 5.82 Å². The van der Waals surface area contributed by atoms with Crippen LogP contribution in [0.3, 0.4) is 0 Å². The van der Waals surface area contributed by atoms with E-state index in [4.69, 9.17) is 4.98 Å². The van der Waals surface area contributed by atoms with E-state index >= 15 is 0 Å². The van der Waals surface area contributed by atoms with Crippen molar-refractivity contribution < 1.29 is 4.79 Å². The normalized spacial score (nSPS) is 28.7. The summed E-state index contributed by atoms with van der Waals surface area (Å²) in [6.07, 6.45) is 16.2. The molecule has 8 rings (SSSR count). The van der Waals surface area contributed by atoms with Crippen molar-refractivity contribution in [3.05, 3.63) is 60.3 Å². The van der Waals surface area contributed by atoms with Crippen LogP contribution >= 0.6 is 0 Å². The highest BCUT2D eigenvalue weighted by atomic mass is 16.1. The van der Waals surface area contributed by atoms with Crippen LogP contribution in [0.1, 0.15) is 81.0 Å². The maximum atomic E-state index is 12.8. The Bertz CT molecular complexity index is 1240. The summed E-state index contributed by atoms with van der Waals surface area (Å²) >= 11 is 0. The minimum absolute atomic E-state index is 0.0403. The number of aromatic amines is 1. The molecule has 0 aliphatic heterocycles. The highest BCUT2D eigenvalue weighted by Crippen LogP contribution is 2.54. The van der Waals surface area contributed by atoms with Crippen molar-refractivity contribution in [2.24, 2.45) is 23.7 Å². The molecule has 1 heterocycles. The number of nitrogens with zero attached hydrogens (tertiary/aromatic N) is 1. The Morgan fingerprint density at radius 2 is 1.50 bits per heavy atom. The summed E-state index contributed by atoms with van der Waals surface area (Å²) in [6, 6.07) is 17.4. The maximum absolute atomic E-state index is 12.8. The lowest BCUT2D eigenvalue weighted by molar-refractivity contribution is 0.00755. The van der Waals surface area contributed by atoms with Crippen LogP contribution in [0.15, 0.2) is 54.7 Å². The molecule has 4 bridgehead atoms. The summed E-state index contributed by atoms with van der Waals surface area (Å²) in [7, 11) is 0. The number of rotatable bonds is 6. The molecule has 5 fully saturated rings. The molecule has 5 saturated carbocycles. The Hall–Kier alpha value is -3.08. The molecule has 5 nitrogen and oxygen atoms in total. The Labute approximate surface area is 226 Å². The molecule has 1 amide bonds. The standard InChI is InChI=1S/C33H40N4O/c38-33(35-27-7-3-1-2-4-8-27)24-13-11-23(12-14-24)30-20-34-32(37-30)28-9-5-6-10-29(28)36-31-25-16-21-15-22(18-25)19-26(31)17-21/h5-6,9-14,20-22,25-27,31,36H,1-4,7-8,15-19H2,(H,34,37)(H,35,38). The number of amides is 1. The van der Waals surface area contributed by atoms with Crippen molar-refractivity contribution >= 4 is 11.6 Å².